The summed E-state index contributed by atoms with van der Waals surface area (Å²) in [5.41, 5.74) is 1.51. The van der Waals surface area contributed by atoms with Crippen molar-refractivity contribution in [2.45, 2.75) is 19.4 Å². The third-order valence-electron chi connectivity index (χ3n) is 3.84. The minimum atomic E-state index is -1.57. The van der Waals surface area contributed by atoms with E-state index in [1.54, 1.807) is 25.1 Å². The Morgan fingerprint density at radius 1 is 1.17 bits per heavy atom. The molecule has 7 heteroatoms. The summed E-state index contributed by atoms with van der Waals surface area (Å²) in [6.45, 7) is 1.81. The predicted octanol–water partition coefficient (Wildman–Crippen LogP) is 1.56. The number of carboxylic acids is 2. The number of methoxy groups -OCH3 is 1. The minimum absolute atomic E-state index is 0.270. The molecule has 1 atom stereocenters. The van der Waals surface area contributed by atoms with Crippen LogP contribution in [0.1, 0.15) is 24.0 Å². The highest BCUT2D eigenvalue weighted by molar-refractivity contribution is 5.95. The molecule has 0 aliphatic heterocycles. The van der Waals surface area contributed by atoms with Gasteiger partial charge in [0.05, 0.1) is 12.1 Å². The zero-order valence-electron chi connectivity index (χ0n) is 12.7. The highest BCUT2D eigenvalue weighted by Gasteiger charge is 2.33. The van der Waals surface area contributed by atoms with E-state index in [0.717, 1.165) is 5.56 Å². The van der Waals surface area contributed by atoms with Crippen molar-refractivity contribution in [3.8, 4) is 0 Å². The lowest BCUT2D eigenvalue weighted by Crippen LogP contribution is -2.28. The summed E-state index contributed by atoms with van der Waals surface area (Å²) in [6, 6.07) is 6.28. The lowest BCUT2D eigenvalue weighted by molar-refractivity contribution is -0.155. The van der Waals surface area contributed by atoms with Crippen molar-refractivity contribution in [1.82, 2.24) is 4.98 Å². The van der Waals surface area contributed by atoms with Gasteiger partial charge in [-0.25, -0.2) is 0 Å². The Morgan fingerprint density at radius 2 is 1.83 bits per heavy atom. The van der Waals surface area contributed by atoms with Crippen LogP contribution in [0.15, 0.2) is 29.1 Å². The Labute approximate surface area is 131 Å². The second kappa shape index (κ2) is 6.62. The molecule has 0 bridgehead atoms. The average molecular weight is 319 g/mol. The fourth-order valence-electron chi connectivity index (χ4n) is 2.72. The number of hydrogen-bond acceptors (Lipinski definition) is 4. The molecule has 1 aromatic carbocycles. The number of H-pyrrole nitrogens is 1. The molecule has 2 rings (SSSR count). The SMILES string of the molecule is COCc1ccc(C(C)C(C(=O)O)C(=O)O)c2ccc(=O)[nH]c12. The maximum absolute atomic E-state index is 11.6. The number of carboxylic acid groups (broad SMARTS) is 2. The molecule has 0 amide bonds. The summed E-state index contributed by atoms with van der Waals surface area (Å²) in [4.78, 5) is 36.8. The Hall–Kier alpha value is -2.67. The Kier molecular flexibility index (Phi) is 4.80. The molecule has 1 aromatic heterocycles. The van der Waals surface area contributed by atoms with Crippen LogP contribution >= 0.6 is 0 Å². The first-order valence-corrected chi connectivity index (χ1v) is 6.96. The summed E-state index contributed by atoms with van der Waals surface area (Å²) in [5.74, 6) is -5.14. The monoisotopic (exact) mass is 319 g/mol. The van der Waals surface area contributed by atoms with Gasteiger partial charge in [-0.05, 0) is 11.6 Å². The van der Waals surface area contributed by atoms with E-state index in [4.69, 9.17) is 4.74 Å². The number of hydrogen-bond donors (Lipinski definition) is 3. The largest absolute Gasteiger partial charge is 0.481 e. The summed E-state index contributed by atoms with van der Waals surface area (Å²) >= 11 is 0. The molecule has 0 radical (unpaired) electrons. The number of aliphatic carboxylic acids is 2. The van der Waals surface area contributed by atoms with Crippen molar-refractivity contribution in [1.29, 1.82) is 0 Å². The smallest absolute Gasteiger partial charge is 0.318 e. The van der Waals surface area contributed by atoms with Gasteiger partial charge < -0.3 is 19.9 Å². The summed E-state index contributed by atoms with van der Waals surface area (Å²) in [7, 11) is 1.52. The van der Waals surface area contributed by atoms with E-state index < -0.39 is 23.8 Å². The molecule has 0 saturated heterocycles. The highest BCUT2D eigenvalue weighted by Crippen LogP contribution is 2.31. The molecular weight excluding hydrogens is 302 g/mol. The molecule has 3 N–H and O–H groups in total. The molecule has 0 aliphatic rings. The average Bonchev–Trinajstić information content (AvgIpc) is 2.47. The van der Waals surface area contributed by atoms with Gasteiger partial charge in [0.25, 0.3) is 0 Å². The number of aromatic amines is 1. The lowest BCUT2D eigenvalue weighted by Gasteiger charge is -2.19. The normalized spacial score (nSPS) is 12.5. The van der Waals surface area contributed by atoms with Crippen LogP contribution < -0.4 is 5.56 Å². The van der Waals surface area contributed by atoms with Crippen LogP contribution in [0.5, 0.6) is 0 Å². The zero-order chi connectivity index (χ0) is 17.1. The minimum Gasteiger partial charge on any atom is -0.481 e. The Morgan fingerprint density at radius 3 is 2.39 bits per heavy atom. The van der Waals surface area contributed by atoms with E-state index in [1.165, 1.54) is 13.2 Å². The lowest BCUT2D eigenvalue weighted by atomic mass is 9.85. The first-order chi connectivity index (χ1) is 10.9. The molecule has 0 aliphatic carbocycles. The van der Waals surface area contributed by atoms with E-state index in [1.807, 2.05) is 0 Å². The molecule has 0 saturated carbocycles. The summed E-state index contributed by atoms with van der Waals surface area (Å²) in [5, 5.41) is 19.0. The fraction of sp³-hybridized carbons (Fsp3) is 0.312. The quantitative estimate of drug-likeness (QED) is 0.696. The van der Waals surface area contributed by atoms with Gasteiger partial charge in [-0.1, -0.05) is 19.1 Å². The maximum atomic E-state index is 11.6. The molecule has 2 aromatic rings. The third kappa shape index (κ3) is 3.24. The van der Waals surface area contributed by atoms with Crippen molar-refractivity contribution >= 4 is 22.8 Å². The van der Waals surface area contributed by atoms with Gasteiger partial charge in [-0.15, -0.1) is 0 Å². The van der Waals surface area contributed by atoms with E-state index in [0.29, 0.717) is 16.5 Å². The molecule has 1 unspecified atom stereocenters. The molecule has 0 fully saturated rings. The fourth-order valence-corrected chi connectivity index (χ4v) is 2.72. The number of nitrogens with one attached hydrogen (secondary N) is 1. The standard InChI is InChI=1S/C16H17NO6/c1-8(13(15(19)20)16(21)22)10-4-3-9(7-23-2)14-11(10)5-6-12(18)17-14/h3-6,8,13H,7H2,1-2H3,(H,17,18)(H,19,20)(H,21,22). The second-order valence-corrected chi connectivity index (χ2v) is 5.30. The molecule has 23 heavy (non-hydrogen) atoms. The number of fused-ring (bicyclic) bond motifs is 1. The van der Waals surface area contributed by atoms with E-state index in [2.05, 4.69) is 4.98 Å². The molecular formula is C16H17NO6. The van der Waals surface area contributed by atoms with Gasteiger partial charge in [0.2, 0.25) is 5.56 Å². The van der Waals surface area contributed by atoms with Crippen LogP contribution in [0, 0.1) is 5.92 Å². The van der Waals surface area contributed by atoms with Gasteiger partial charge in [0, 0.05) is 30.0 Å². The third-order valence-corrected chi connectivity index (χ3v) is 3.84. The Bertz CT molecular complexity index is 796. The van der Waals surface area contributed by atoms with Crippen LogP contribution in [0.4, 0.5) is 0 Å². The van der Waals surface area contributed by atoms with Crippen LogP contribution in [-0.2, 0) is 20.9 Å². The van der Waals surface area contributed by atoms with Crippen LogP contribution in [0.25, 0.3) is 10.9 Å². The van der Waals surface area contributed by atoms with Gasteiger partial charge in [-0.3, -0.25) is 14.4 Å². The van der Waals surface area contributed by atoms with E-state index in [-0.39, 0.29) is 12.2 Å². The van der Waals surface area contributed by atoms with Gasteiger partial charge in [0.15, 0.2) is 5.92 Å². The molecule has 7 nitrogen and oxygen atoms in total. The van der Waals surface area contributed by atoms with E-state index >= 15 is 0 Å². The Balaban J connectivity index is 2.66. The topological polar surface area (TPSA) is 117 Å². The zero-order valence-corrected chi connectivity index (χ0v) is 12.7. The highest BCUT2D eigenvalue weighted by atomic mass is 16.5. The summed E-state index contributed by atoms with van der Waals surface area (Å²) in [6.07, 6.45) is 0. The van der Waals surface area contributed by atoms with Crippen molar-refractivity contribution < 1.29 is 24.5 Å². The van der Waals surface area contributed by atoms with Crippen molar-refractivity contribution in [2.75, 3.05) is 7.11 Å². The summed E-state index contributed by atoms with van der Waals surface area (Å²) < 4.78 is 5.09. The van der Waals surface area contributed by atoms with Gasteiger partial charge in [0.1, 0.15) is 0 Å². The predicted molar refractivity (Wildman–Crippen MR) is 82.5 cm³/mol. The number of pyridine rings is 1. The number of carbonyl (C=O) groups is 2. The van der Waals surface area contributed by atoms with Crippen LogP contribution in [-0.4, -0.2) is 34.2 Å². The van der Waals surface area contributed by atoms with Crippen LogP contribution in [0.3, 0.4) is 0 Å². The first-order valence-electron chi connectivity index (χ1n) is 6.96. The second-order valence-electron chi connectivity index (χ2n) is 5.30. The number of rotatable bonds is 6. The van der Waals surface area contributed by atoms with Crippen LogP contribution in [0.2, 0.25) is 0 Å². The van der Waals surface area contributed by atoms with E-state index in [9.17, 15) is 24.6 Å². The number of aromatic nitrogens is 1. The number of ether oxygens (including phenoxy) is 1. The molecule has 0 spiro atoms. The van der Waals surface area contributed by atoms with Crippen molar-refractivity contribution in [3.63, 3.8) is 0 Å². The molecule has 122 valence electrons. The molecule has 1 heterocycles. The maximum Gasteiger partial charge on any atom is 0.318 e. The van der Waals surface area contributed by atoms with Crippen molar-refractivity contribution in [3.05, 3.63) is 45.7 Å². The number of benzene rings is 1. The van der Waals surface area contributed by atoms with Crippen molar-refractivity contribution in [2.24, 2.45) is 5.92 Å². The van der Waals surface area contributed by atoms with Gasteiger partial charge in [-0.2, -0.15) is 0 Å². The van der Waals surface area contributed by atoms with Gasteiger partial charge >= 0.3 is 11.9 Å². The first kappa shape index (κ1) is 16.7.